The molecule has 0 saturated heterocycles. The van der Waals surface area contributed by atoms with E-state index in [1.54, 1.807) is 36.7 Å². The molecule has 2 aromatic heterocycles. The first kappa shape index (κ1) is 23.4. The molecular formula is C29H26N2O5. The quantitative estimate of drug-likeness (QED) is 0.240. The summed E-state index contributed by atoms with van der Waals surface area (Å²) < 4.78 is 11.6. The lowest BCUT2D eigenvalue weighted by Crippen LogP contribution is -2.30. The molecule has 1 atom stereocenters. The predicted octanol–water partition coefficient (Wildman–Crippen LogP) is 5.79. The summed E-state index contributed by atoms with van der Waals surface area (Å²) in [6.45, 7) is 2.91. The molecule has 0 bridgehead atoms. The van der Waals surface area contributed by atoms with Crippen LogP contribution in [-0.4, -0.2) is 33.3 Å². The van der Waals surface area contributed by atoms with E-state index in [4.69, 9.17) is 9.15 Å². The molecule has 1 N–H and O–H groups in total. The van der Waals surface area contributed by atoms with Gasteiger partial charge in [0.1, 0.15) is 11.3 Å². The molecule has 7 nitrogen and oxygen atoms in total. The van der Waals surface area contributed by atoms with E-state index >= 15 is 0 Å². The van der Waals surface area contributed by atoms with E-state index in [0.29, 0.717) is 23.5 Å². The first-order chi connectivity index (χ1) is 17.6. The smallest absolute Gasteiger partial charge is 0.290 e. The number of ketones is 1. The third kappa shape index (κ3) is 4.47. The molecule has 2 aromatic carbocycles. The average molecular weight is 483 g/mol. The number of carbonyl (C=O) groups is 2. The normalized spacial score (nSPS) is 15.6. The van der Waals surface area contributed by atoms with Gasteiger partial charge in [-0.3, -0.25) is 14.6 Å². The Morgan fingerprint density at radius 3 is 2.56 bits per heavy atom. The summed E-state index contributed by atoms with van der Waals surface area (Å²) in [6.07, 6.45) is 5.26. The predicted molar refractivity (Wildman–Crippen MR) is 135 cm³/mol. The minimum absolute atomic E-state index is 0.00670. The second kappa shape index (κ2) is 10.1. The largest absolute Gasteiger partial charge is 0.503 e. The highest BCUT2D eigenvalue weighted by atomic mass is 16.5. The molecule has 0 saturated carbocycles. The molecule has 4 aromatic rings. The van der Waals surface area contributed by atoms with Gasteiger partial charge in [0, 0.05) is 24.3 Å². The number of aromatic nitrogens is 1. The van der Waals surface area contributed by atoms with Crippen LogP contribution in [-0.2, 0) is 11.3 Å². The zero-order valence-corrected chi connectivity index (χ0v) is 19.9. The van der Waals surface area contributed by atoms with Gasteiger partial charge < -0.3 is 19.2 Å². The van der Waals surface area contributed by atoms with Gasteiger partial charge in [-0.05, 0) is 53.9 Å². The van der Waals surface area contributed by atoms with Crippen molar-refractivity contribution < 1.29 is 23.8 Å². The molecule has 5 rings (SSSR count). The summed E-state index contributed by atoms with van der Waals surface area (Å²) in [4.78, 5) is 32.4. The molecule has 0 fully saturated rings. The van der Waals surface area contributed by atoms with E-state index < -0.39 is 23.5 Å². The molecule has 36 heavy (non-hydrogen) atoms. The number of fused-ring (bicyclic) bond motifs is 1. The van der Waals surface area contributed by atoms with Crippen LogP contribution in [0.4, 0.5) is 0 Å². The molecule has 3 heterocycles. The van der Waals surface area contributed by atoms with Crippen LogP contribution in [0.1, 0.15) is 47.5 Å². The number of amides is 1. The minimum atomic E-state index is -0.795. The Bertz CT molecular complexity index is 1390. The number of nitrogens with zero attached hydrogens (tertiary/aromatic N) is 2. The Labute approximate surface area is 208 Å². The van der Waals surface area contributed by atoms with Gasteiger partial charge in [-0.2, -0.15) is 0 Å². The number of aliphatic hydroxyl groups excluding tert-OH is 1. The van der Waals surface area contributed by atoms with Crippen LogP contribution in [0, 0.1) is 0 Å². The summed E-state index contributed by atoms with van der Waals surface area (Å²) in [6, 6.07) is 19.0. The van der Waals surface area contributed by atoms with Crippen LogP contribution in [0.3, 0.4) is 0 Å². The van der Waals surface area contributed by atoms with Crippen LogP contribution in [0.25, 0.3) is 11.0 Å². The SMILES string of the molecule is CCCCOc1ccc(C2C(C(=O)c3cc4ccccc4o3)=C(O)C(=O)N2Cc2ccncc2)cc1. The van der Waals surface area contributed by atoms with Crippen LogP contribution in [0.5, 0.6) is 5.75 Å². The van der Waals surface area contributed by atoms with Crippen molar-refractivity contribution >= 4 is 22.7 Å². The summed E-state index contributed by atoms with van der Waals surface area (Å²) in [7, 11) is 0. The number of hydrogen-bond donors (Lipinski definition) is 1. The number of furan rings is 1. The van der Waals surface area contributed by atoms with Crippen molar-refractivity contribution in [2.75, 3.05) is 6.61 Å². The van der Waals surface area contributed by atoms with Gasteiger partial charge in [0.15, 0.2) is 11.5 Å². The molecule has 1 amide bonds. The third-order valence-corrected chi connectivity index (χ3v) is 6.26. The average Bonchev–Trinajstić information content (AvgIpc) is 3.45. The van der Waals surface area contributed by atoms with Crippen LogP contribution in [0.15, 0.2) is 94.9 Å². The Morgan fingerprint density at radius 1 is 1.08 bits per heavy atom. The van der Waals surface area contributed by atoms with Crippen molar-refractivity contribution in [1.82, 2.24) is 9.88 Å². The highest BCUT2D eigenvalue weighted by Gasteiger charge is 2.44. The molecule has 1 aliphatic rings. The number of carbonyl (C=O) groups excluding carboxylic acids is 2. The van der Waals surface area contributed by atoms with Crippen LogP contribution < -0.4 is 4.74 Å². The van der Waals surface area contributed by atoms with E-state index in [0.717, 1.165) is 23.8 Å². The molecule has 0 radical (unpaired) electrons. The third-order valence-electron chi connectivity index (χ3n) is 6.26. The van der Waals surface area contributed by atoms with Gasteiger partial charge in [0.05, 0.1) is 18.2 Å². The number of rotatable bonds is 9. The lowest BCUT2D eigenvalue weighted by molar-refractivity contribution is -0.130. The first-order valence-electron chi connectivity index (χ1n) is 12.0. The summed E-state index contributed by atoms with van der Waals surface area (Å²) >= 11 is 0. The number of unbranched alkanes of at least 4 members (excludes halogenated alkanes) is 1. The van der Waals surface area contributed by atoms with E-state index in [1.165, 1.54) is 4.90 Å². The lowest BCUT2D eigenvalue weighted by atomic mass is 9.94. The maximum atomic E-state index is 13.7. The lowest BCUT2D eigenvalue weighted by Gasteiger charge is -2.27. The number of ether oxygens (including phenoxy) is 1. The fraction of sp³-hybridized carbons (Fsp3) is 0.207. The second-order valence-corrected chi connectivity index (χ2v) is 8.70. The van der Waals surface area contributed by atoms with Crippen molar-refractivity contribution in [3.63, 3.8) is 0 Å². The monoisotopic (exact) mass is 482 g/mol. The highest BCUT2D eigenvalue weighted by molar-refractivity contribution is 6.16. The number of Topliss-reactive ketones (excluding diaryl/α,β-unsaturated/α-hetero) is 1. The van der Waals surface area contributed by atoms with Crippen LogP contribution >= 0.6 is 0 Å². The van der Waals surface area contributed by atoms with Crippen molar-refractivity contribution in [3.05, 3.63) is 107 Å². The highest BCUT2D eigenvalue weighted by Crippen LogP contribution is 2.41. The van der Waals surface area contributed by atoms with Gasteiger partial charge in [0.2, 0.25) is 5.78 Å². The topological polar surface area (TPSA) is 92.9 Å². The van der Waals surface area contributed by atoms with Gasteiger partial charge in [0.25, 0.3) is 5.91 Å². The van der Waals surface area contributed by atoms with Gasteiger partial charge >= 0.3 is 0 Å². The number of pyridine rings is 1. The molecule has 0 aliphatic carbocycles. The van der Waals surface area contributed by atoms with Crippen molar-refractivity contribution in [3.8, 4) is 5.75 Å². The second-order valence-electron chi connectivity index (χ2n) is 8.70. The standard InChI is InChI=1S/C29H26N2O5/c1-2-3-16-35-22-10-8-20(9-11-22)26-25(27(32)24-17-21-6-4-5-7-23(21)36-24)28(33)29(34)31(26)18-19-12-14-30-15-13-19/h4-15,17,26,33H,2-3,16,18H2,1H3. The summed E-state index contributed by atoms with van der Waals surface area (Å²) in [5, 5.41) is 11.7. The van der Waals surface area contributed by atoms with Crippen molar-refractivity contribution in [1.29, 1.82) is 0 Å². The van der Waals surface area contributed by atoms with Gasteiger partial charge in [-0.1, -0.05) is 43.7 Å². The minimum Gasteiger partial charge on any atom is -0.503 e. The van der Waals surface area contributed by atoms with Crippen molar-refractivity contribution in [2.45, 2.75) is 32.4 Å². The number of para-hydroxylation sites is 1. The number of aliphatic hydroxyl groups is 1. The van der Waals surface area contributed by atoms with E-state index in [2.05, 4.69) is 11.9 Å². The van der Waals surface area contributed by atoms with E-state index in [9.17, 15) is 14.7 Å². The van der Waals surface area contributed by atoms with Gasteiger partial charge in [-0.25, -0.2) is 0 Å². The van der Waals surface area contributed by atoms with Gasteiger partial charge in [-0.15, -0.1) is 0 Å². The molecule has 182 valence electrons. The Balaban J connectivity index is 1.53. The fourth-order valence-corrected chi connectivity index (χ4v) is 4.39. The maximum Gasteiger partial charge on any atom is 0.290 e. The first-order valence-corrected chi connectivity index (χ1v) is 12.0. The Hall–Kier alpha value is -4.39. The number of hydrogen-bond acceptors (Lipinski definition) is 6. The molecular weight excluding hydrogens is 456 g/mol. The van der Waals surface area contributed by atoms with E-state index in [1.807, 2.05) is 42.5 Å². The Morgan fingerprint density at radius 2 is 1.83 bits per heavy atom. The Kier molecular flexibility index (Phi) is 6.54. The molecule has 1 unspecified atom stereocenters. The van der Waals surface area contributed by atoms with Crippen LogP contribution in [0.2, 0.25) is 0 Å². The van der Waals surface area contributed by atoms with E-state index in [-0.39, 0.29) is 17.9 Å². The molecule has 0 spiro atoms. The molecule has 7 heteroatoms. The zero-order valence-electron chi connectivity index (χ0n) is 19.9. The zero-order chi connectivity index (χ0) is 25.1. The summed E-state index contributed by atoms with van der Waals surface area (Å²) in [5.74, 6) is -0.929. The number of benzene rings is 2. The maximum absolute atomic E-state index is 13.7. The molecule has 1 aliphatic heterocycles. The van der Waals surface area contributed by atoms with Crippen molar-refractivity contribution in [2.24, 2.45) is 0 Å². The summed E-state index contributed by atoms with van der Waals surface area (Å²) in [5.41, 5.74) is 2.06. The fourth-order valence-electron chi connectivity index (χ4n) is 4.39.